The maximum Gasteiger partial charge on any atom is 0.0906 e. The van der Waals surface area contributed by atoms with E-state index in [0.717, 1.165) is 19.7 Å². The Morgan fingerprint density at radius 1 is 0.833 bits per heavy atom. The Morgan fingerprint density at radius 2 is 1.58 bits per heavy atom. The molecule has 2 atom stereocenters. The van der Waals surface area contributed by atoms with Gasteiger partial charge in [0.15, 0.2) is 0 Å². The van der Waals surface area contributed by atoms with Crippen LogP contribution in [-0.2, 0) is 4.74 Å². The van der Waals surface area contributed by atoms with E-state index in [0.29, 0.717) is 5.92 Å². The van der Waals surface area contributed by atoms with Crippen molar-refractivity contribution in [1.29, 1.82) is 0 Å². The summed E-state index contributed by atoms with van der Waals surface area (Å²) in [6, 6.07) is 26.0. The predicted molar refractivity (Wildman–Crippen MR) is 99.3 cm³/mol. The summed E-state index contributed by atoms with van der Waals surface area (Å²) in [5.74, 6) is 0.338. The molecule has 1 saturated heterocycles. The van der Waals surface area contributed by atoms with Gasteiger partial charge in [-0.1, -0.05) is 72.8 Å². The van der Waals surface area contributed by atoms with Gasteiger partial charge in [-0.05, 0) is 28.9 Å². The Morgan fingerprint density at radius 3 is 2.42 bits per heavy atom. The smallest absolute Gasteiger partial charge is 0.0906 e. The van der Waals surface area contributed by atoms with Crippen LogP contribution in [0.2, 0.25) is 0 Å². The van der Waals surface area contributed by atoms with Gasteiger partial charge < -0.3 is 9.64 Å². The van der Waals surface area contributed by atoms with Crippen molar-refractivity contribution in [2.24, 2.45) is 0 Å². The average Bonchev–Trinajstić information content (AvgIpc) is 2.83. The van der Waals surface area contributed by atoms with Crippen molar-refractivity contribution in [3.05, 3.63) is 83.9 Å². The Hall–Kier alpha value is -2.16. The minimum absolute atomic E-state index is 0.109. The van der Waals surface area contributed by atoms with E-state index < -0.39 is 0 Å². The van der Waals surface area contributed by atoms with Gasteiger partial charge in [0.2, 0.25) is 0 Å². The lowest BCUT2D eigenvalue weighted by Gasteiger charge is -2.27. The third kappa shape index (κ3) is 3.08. The first-order valence-electron chi connectivity index (χ1n) is 8.65. The molecule has 0 unspecified atom stereocenters. The largest absolute Gasteiger partial charge is 0.372 e. The molecule has 122 valence electrons. The second kappa shape index (κ2) is 6.76. The van der Waals surface area contributed by atoms with Crippen molar-refractivity contribution in [3.63, 3.8) is 0 Å². The lowest BCUT2D eigenvalue weighted by molar-refractivity contribution is 0.0507. The normalized spacial score (nSPS) is 22.4. The van der Waals surface area contributed by atoms with E-state index in [1.54, 1.807) is 0 Å². The lowest BCUT2D eigenvalue weighted by Crippen LogP contribution is -2.25. The lowest BCUT2D eigenvalue weighted by atomic mass is 9.87. The Kier molecular flexibility index (Phi) is 4.33. The van der Waals surface area contributed by atoms with Gasteiger partial charge in [-0.15, -0.1) is 0 Å². The average molecular weight is 317 g/mol. The Labute approximate surface area is 143 Å². The van der Waals surface area contributed by atoms with Crippen molar-refractivity contribution in [2.75, 3.05) is 26.7 Å². The highest BCUT2D eigenvalue weighted by Crippen LogP contribution is 2.37. The summed E-state index contributed by atoms with van der Waals surface area (Å²) >= 11 is 0. The summed E-state index contributed by atoms with van der Waals surface area (Å²) in [7, 11) is 2.19. The highest BCUT2D eigenvalue weighted by molar-refractivity contribution is 5.83. The predicted octanol–water partition coefficient (Wildman–Crippen LogP) is 4.63. The first-order chi connectivity index (χ1) is 11.8. The van der Waals surface area contributed by atoms with Gasteiger partial charge in [0.05, 0.1) is 12.7 Å². The van der Waals surface area contributed by atoms with Crippen LogP contribution in [0.1, 0.15) is 23.1 Å². The van der Waals surface area contributed by atoms with E-state index in [9.17, 15) is 0 Å². The molecule has 2 heteroatoms. The molecule has 3 aromatic rings. The van der Waals surface area contributed by atoms with E-state index in [4.69, 9.17) is 4.74 Å². The molecule has 0 spiro atoms. The number of hydrogen-bond acceptors (Lipinski definition) is 2. The molecule has 0 radical (unpaired) electrons. The van der Waals surface area contributed by atoms with Gasteiger partial charge in [-0.2, -0.15) is 0 Å². The maximum atomic E-state index is 6.30. The molecule has 0 aliphatic carbocycles. The molecule has 0 saturated carbocycles. The molecule has 0 amide bonds. The summed E-state index contributed by atoms with van der Waals surface area (Å²) in [4.78, 5) is 2.38. The maximum absolute atomic E-state index is 6.30. The van der Waals surface area contributed by atoms with Crippen molar-refractivity contribution in [3.8, 4) is 0 Å². The number of ether oxygens (including phenoxy) is 1. The summed E-state index contributed by atoms with van der Waals surface area (Å²) in [6.07, 6.45) is 0.109. The van der Waals surface area contributed by atoms with Crippen LogP contribution in [0.3, 0.4) is 0 Å². The molecule has 0 N–H and O–H groups in total. The number of hydrogen-bond donors (Lipinski definition) is 0. The summed E-state index contributed by atoms with van der Waals surface area (Å²) in [5, 5.41) is 2.59. The number of rotatable bonds is 2. The van der Waals surface area contributed by atoms with E-state index in [2.05, 4.69) is 84.7 Å². The zero-order chi connectivity index (χ0) is 16.4. The monoisotopic (exact) mass is 317 g/mol. The molecule has 1 heterocycles. The van der Waals surface area contributed by atoms with Crippen LogP contribution in [0, 0.1) is 0 Å². The van der Waals surface area contributed by atoms with E-state index in [1.165, 1.54) is 21.9 Å². The van der Waals surface area contributed by atoms with E-state index >= 15 is 0 Å². The summed E-state index contributed by atoms with van der Waals surface area (Å²) in [6.45, 7) is 2.77. The van der Waals surface area contributed by atoms with E-state index in [-0.39, 0.29) is 6.10 Å². The van der Waals surface area contributed by atoms with Gasteiger partial charge >= 0.3 is 0 Å². The highest BCUT2D eigenvalue weighted by atomic mass is 16.5. The fourth-order valence-electron chi connectivity index (χ4n) is 3.66. The SMILES string of the molecule is CN1CCO[C@@H](c2ccccc2)[C@@H](c2ccc3ccccc3c2)C1. The molecule has 4 rings (SSSR count). The molecule has 1 fully saturated rings. The fraction of sp³-hybridized carbons (Fsp3) is 0.273. The van der Waals surface area contributed by atoms with Crippen LogP contribution in [0.5, 0.6) is 0 Å². The van der Waals surface area contributed by atoms with Crippen LogP contribution in [-0.4, -0.2) is 31.6 Å². The number of likely N-dealkylation sites (N-methyl/N-ethyl adjacent to an activating group) is 1. The Bertz CT molecular complexity index is 814. The molecule has 2 nitrogen and oxygen atoms in total. The van der Waals surface area contributed by atoms with Gasteiger partial charge in [0.1, 0.15) is 0 Å². The molecular formula is C22H23NO. The first-order valence-corrected chi connectivity index (χ1v) is 8.65. The van der Waals surface area contributed by atoms with Crippen LogP contribution < -0.4 is 0 Å². The highest BCUT2D eigenvalue weighted by Gasteiger charge is 2.29. The zero-order valence-electron chi connectivity index (χ0n) is 14.1. The second-order valence-corrected chi connectivity index (χ2v) is 6.68. The number of nitrogens with zero attached hydrogens (tertiary/aromatic N) is 1. The summed E-state index contributed by atoms with van der Waals surface area (Å²) < 4.78 is 6.30. The van der Waals surface area contributed by atoms with Crippen LogP contribution in [0.4, 0.5) is 0 Å². The van der Waals surface area contributed by atoms with Crippen LogP contribution in [0.25, 0.3) is 10.8 Å². The van der Waals surface area contributed by atoms with Gasteiger partial charge in [0.25, 0.3) is 0 Å². The molecule has 24 heavy (non-hydrogen) atoms. The minimum atomic E-state index is 0.109. The molecular weight excluding hydrogens is 294 g/mol. The van der Waals surface area contributed by atoms with Crippen molar-refractivity contribution in [1.82, 2.24) is 4.90 Å². The van der Waals surface area contributed by atoms with Crippen molar-refractivity contribution >= 4 is 10.8 Å². The van der Waals surface area contributed by atoms with E-state index in [1.807, 2.05) is 0 Å². The first kappa shape index (κ1) is 15.4. The second-order valence-electron chi connectivity index (χ2n) is 6.68. The topological polar surface area (TPSA) is 12.5 Å². The third-order valence-electron chi connectivity index (χ3n) is 4.97. The zero-order valence-corrected chi connectivity index (χ0v) is 14.1. The van der Waals surface area contributed by atoms with Crippen LogP contribution in [0.15, 0.2) is 72.8 Å². The number of benzene rings is 3. The minimum Gasteiger partial charge on any atom is -0.372 e. The van der Waals surface area contributed by atoms with Gasteiger partial charge in [0, 0.05) is 19.0 Å². The standard InChI is InChI=1S/C22H23NO/c1-23-13-14-24-22(18-8-3-2-4-9-18)21(16-23)20-12-11-17-7-5-6-10-19(17)15-20/h2-12,15,21-22H,13-14,16H2,1H3/t21-,22+/m1/s1. The van der Waals surface area contributed by atoms with Gasteiger partial charge in [-0.25, -0.2) is 0 Å². The van der Waals surface area contributed by atoms with Crippen molar-refractivity contribution < 1.29 is 4.74 Å². The molecule has 1 aliphatic heterocycles. The third-order valence-corrected chi connectivity index (χ3v) is 4.97. The van der Waals surface area contributed by atoms with Gasteiger partial charge in [-0.3, -0.25) is 0 Å². The quantitative estimate of drug-likeness (QED) is 0.683. The molecule has 0 aromatic heterocycles. The van der Waals surface area contributed by atoms with Crippen molar-refractivity contribution in [2.45, 2.75) is 12.0 Å². The molecule has 1 aliphatic rings. The fourth-order valence-corrected chi connectivity index (χ4v) is 3.66. The Balaban J connectivity index is 1.77. The molecule has 3 aromatic carbocycles. The van der Waals surface area contributed by atoms with Crippen LogP contribution >= 0.6 is 0 Å². The number of fused-ring (bicyclic) bond motifs is 1. The summed E-state index contributed by atoms with van der Waals surface area (Å²) in [5.41, 5.74) is 2.63. The molecule has 0 bridgehead atoms.